The number of carbonyl (C=O) groups excluding carboxylic acids is 1. The number of hydrogen-bond acceptors (Lipinski definition) is 3. The van der Waals surface area contributed by atoms with Crippen LogP contribution in [0.15, 0.2) is 0 Å². The molecule has 2 N–H and O–H groups in total. The first-order valence-corrected chi connectivity index (χ1v) is 6.77. The molecule has 1 amide bonds. The maximum atomic E-state index is 12.0. The summed E-state index contributed by atoms with van der Waals surface area (Å²) in [4.78, 5) is 12.0. The van der Waals surface area contributed by atoms with Crippen LogP contribution in [0.25, 0.3) is 0 Å². The number of hydrogen-bond donors (Lipinski definition) is 2. The van der Waals surface area contributed by atoms with Gasteiger partial charge in [0.1, 0.15) is 0 Å². The lowest BCUT2D eigenvalue weighted by Gasteiger charge is -2.19. The molecule has 0 aromatic carbocycles. The number of nitrogens with one attached hydrogen (secondary N) is 2. The Kier molecular flexibility index (Phi) is 6.52. The minimum atomic E-state index is -0.0226. The van der Waals surface area contributed by atoms with E-state index < -0.39 is 0 Å². The van der Waals surface area contributed by atoms with Crippen LogP contribution in [-0.4, -0.2) is 38.3 Å². The Balaban J connectivity index is 2.33. The molecule has 0 radical (unpaired) electrons. The molecule has 0 aromatic heterocycles. The van der Waals surface area contributed by atoms with Gasteiger partial charge >= 0.3 is 0 Å². The van der Waals surface area contributed by atoms with E-state index in [9.17, 15) is 4.79 Å². The van der Waals surface area contributed by atoms with E-state index in [1.54, 1.807) is 0 Å². The quantitative estimate of drug-likeness (QED) is 0.704. The standard InChI is InChI=1S/C13H26N2O2/c1-4-6-14-12-9-17-8-11(12)13(16)15-7-10(3)5-2/h10-12,14H,4-9H2,1-3H3,(H,15,16). The SMILES string of the molecule is CCCNC1COCC1C(=O)NCC(C)CC. The van der Waals surface area contributed by atoms with Crippen LogP contribution in [0.2, 0.25) is 0 Å². The molecule has 4 heteroatoms. The van der Waals surface area contributed by atoms with Crippen molar-refractivity contribution in [1.82, 2.24) is 10.6 Å². The van der Waals surface area contributed by atoms with E-state index in [-0.39, 0.29) is 17.9 Å². The van der Waals surface area contributed by atoms with Crippen molar-refractivity contribution in [2.75, 3.05) is 26.3 Å². The first-order valence-electron chi connectivity index (χ1n) is 6.77. The van der Waals surface area contributed by atoms with E-state index >= 15 is 0 Å². The summed E-state index contributed by atoms with van der Waals surface area (Å²) in [6.45, 7) is 9.34. The molecule has 0 bridgehead atoms. The molecule has 3 unspecified atom stereocenters. The lowest BCUT2D eigenvalue weighted by Crippen LogP contribution is -2.45. The van der Waals surface area contributed by atoms with Crippen molar-refractivity contribution >= 4 is 5.91 Å². The van der Waals surface area contributed by atoms with Gasteiger partial charge in [-0.05, 0) is 18.9 Å². The van der Waals surface area contributed by atoms with E-state index in [1.807, 2.05) is 0 Å². The molecule has 4 nitrogen and oxygen atoms in total. The highest BCUT2D eigenvalue weighted by Crippen LogP contribution is 2.14. The van der Waals surface area contributed by atoms with Gasteiger partial charge in [0.25, 0.3) is 0 Å². The second kappa shape index (κ2) is 7.67. The molecule has 1 aliphatic rings. The average molecular weight is 242 g/mol. The van der Waals surface area contributed by atoms with Gasteiger partial charge < -0.3 is 15.4 Å². The van der Waals surface area contributed by atoms with E-state index in [0.717, 1.165) is 25.9 Å². The van der Waals surface area contributed by atoms with Gasteiger partial charge in [-0.1, -0.05) is 27.2 Å². The zero-order chi connectivity index (χ0) is 12.7. The van der Waals surface area contributed by atoms with Crippen molar-refractivity contribution in [2.24, 2.45) is 11.8 Å². The average Bonchev–Trinajstić information content (AvgIpc) is 2.81. The Labute approximate surface area is 104 Å². The third kappa shape index (κ3) is 4.64. The van der Waals surface area contributed by atoms with Gasteiger partial charge in [-0.3, -0.25) is 4.79 Å². The maximum Gasteiger partial charge on any atom is 0.227 e. The Morgan fingerprint density at radius 2 is 2.18 bits per heavy atom. The fraction of sp³-hybridized carbons (Fsp3) is 0.923. The Morgan fingerprint density at radius 3 is 2.82 bits per heavy atom. The zero-order valence-corrected chi connectivity index (χ0v) is 11.3. The van der Waals surface area contributed by atoms with Crippen LogP contribution in [0.3, 0.4) is 0 Å². The highest BCUT2D eigenvalue weighted by atomic mass is 16.5. The highest BCUT2D eigenvalue weighted by Gasteiger charge is 2.33. The number of rotatable bonds is 7. The summed E-state index contributed by atoms with van der Waals surface area (Å²) in [5.74, 6) is 0.658. The van der Waals surface area contributed by atoms with Crippen LogP contribution in [0.1, 0.15) is 33.6 Å². The van der Waals surface area contributed by atoms with Crippen LogP contribution in [0, 0.1) is 11.8 Å². The highest BCUT2D eigenvalue weighted by molar-refractivity contribution is 5.79. The van der Waals surface area contributed by atoms with E-state index in [0.29, 0.717) is 19.1 Å². The summed E-state index contributed by atoms with van der Waals surface area (Å²) in [5.41, 5.74) is 0. The zero-order valence-electron chi connectivity index (χ0n) is 11.3. The van der Waals surface area contributed by atoms with Gasteiger partial charge in [-0.15, -0.1) is 0 Å². The predicted octanol–water partition coefficient (Wildman–Crippen LogP) is 1.16. The topological polar surface area (TPSA) is 50.4 Å². The molecule has 1 saturated heterocycles. The molecule has 0 spiro atoms. The summed E-state index contributed by atoms with van der Waals surface area (Å²) in [5, 5.41) is 6.40. The third-order valence-electron chi connectivity index (χ3n) is 3.40. The molecular weight excluding hydrogens is 216 g/mol. The first kappa shape index (κ1) is 14.5. The van der Waals surface area contributed by atoms with Crippen LogP contribution in [0.4, 0.5) is 0 Å². The first-order chi connectivity index (χ1) is 8.19. The third-order valence-corrected chi connectivity index (χ3v) is 3.40. The molecular formula is C13H26N2O2. The molecule has 0 aromatic rings. The number of ether oxygens (including phenoxy) is 1. The Bertz CT molecular complexity index is 233. The smallest absolute Gasteiger partial charge is 0.227 e. The van der Waals surface area contributed by atoms with Crippen LogP contribution < -0.4 is 10.6 Å². The van der Waals surface area contributed by atoms with Crippen LogP contribution >= 0.6 is 0 Å². The van der Waals surface area contributed by atoms with Crippen molar-refractivity contribution in [3.8, 4) is 0 Å². The summed E-state index contributed by atoms with van der Waals surface area (Å²) >= 11 is 0. The van der Waals surface area contributed by atoms with E-state index in [1.165, 1.54) is 0 Å². The largest absolute Gasteiger partial charge is 0.379 e. The van der Waals surface area contributed by atoms with E-state index in [2.05, 4.69) is 31.4 Å². The minimum absolute atomic E-state index is 0.0226. The maximum absolute atomic E-state index is 12.0. The molecule has 0 aliphatic carbocycles. The second-order valence-electron chi connectivity index (χ2n) is 4.96. The molecule has 3 atom stereocenters. The van der Waals surface area contributed by atoms with Crippen molar-refractivity contribution in [3.05, 3.63) is 0 Å². The van der Waals surface area contributed by atoms with Gasteiger partial charge in [0.15, 0.2) is 0 Å². The molecule has 1 fully saturated rings. The van der Waals surface area contributed by atoms with Gasteiger partial charge in [0.2, 0.25) is 5.91 Å². The summed E-state index contributed by atoms with van der Waals surface area (Å²) in [6, 6.07) is 0.187. The van der Waals surface area contributed by atoms with Gasteiger partial charge in [-0.25, -0.2) is 0 Å². The lowest BCUT2D eigenvalue weighted by molar-refractivity contribution is -0.125. The van der Waals surface area contributed by atoms with Gasteiger partial charge in [0, 0.05) is 12.6 Å². The van der Waals surface area contributed by atoms with Crippen molar-refractivity contribution in [3.63, 3.8) is 0 Å². The molecule has 1 aliphatic heterocycles. The normalized spacial score (nSPS) is 25.8. The monoisotopic (exact) mass is 242 g/mol. The minimum Gasteiger partial charge on any atom is -0.379 e. The van der Waals surface area contributed by atoms with Crippen molar-refractivity contribution in [1.29, 1.82) is 0 Å². The summed E-state index contributed by atoms with van der Waals surface area (Å²) < 4.78 is 5.40. The predicted molar refractivity (Wildman–Crippen MR) is 68.9 cm³/mol. The number of carbonyl (C=O) groups is 1. The van der Waals surface area contributed by atoms with Gasteiger partial charge in [-0.2, -0.15) is 0 Å². The fourth-order valence-corrected chi connectivity index (χ4v) is 1.89. The Morgan fingerprint density at radius 1 is 1.41 bits per heavy atom. The molecule has 1 heterocycles. The summed E-state index contributed by atoms with van der Waals surface area (Å²) in [6.07, 6.45) is 2.18. The van der Waals surface area contributed by atoms with Crippen LogP contribution in [0.5, 0.6) is 0 Å². The molecule has 17 heavy (non-hydrogen) atoms. The van der Waals surface area contributed by atoms with E-state index in [4.69, 9.17) is 4.74 Å². The van der Waals surface area contributed by atoms with Crippen molar-refractivity contribution in [2.45, 2.75) is 39.7 Å². The lowest BCUT2D eigenvalue weighted by atomic mass is 10.0. The molecule has 1 rings (SSSR count). The molecule has 100 valence electrons. The second-order valence-corrected chi connectivity index (χ2v) is 4.96. The summed E-state index contributed by atoms with van der Waals surface area (Å²) in [7, 11) is 0. The molecule has 0 saturated carbocycles. The van der Waals surface area contributed by atoms with Crippen molar-refractivity contribution < 1.29 is 9.53 Å². The van der Waals surface area contributed by atoms with Gasteiger partial charge in [0.05, 0.1) is 19.1 Å². The fourth-order valence-electron chi connectivity index (χ4n) is 1.89. The Hall–Kier alpha value is -0.610. The number of amides is 1. The van der Waals surface area contributed by atoms with Crippen LogP contribution in [-0.2, 0) is 9.53 Å².